The zero-order valence-corrected chi connectivity index (χ0v) is 18.5. The molecule has 0 aliphatic carbocycles. The van der Waals surface area contributed by atoms with Crippen LogP contribution in [-0.2, 0) is 27.4 Å². The number of ether oxygens (including phenoxy) is 3. The van der Waals surface area contributed by atoms with E-state index in [4.69, 9.17) is 19.3 Å². The number of hydrogen-bond donors (Lipinski definition) is 2. The number of tetrazole rings is 1. The Kier molecular flexibility index (Phi) is 7.04. The summed E-state index contributed by atoms with van der Waals surface area (Å²) in [4.78, 5) is 33.4. The van der Waals surface area contributed by atoms with Crippen LogP contribution in [-0.4, -0.2) is 79.7 Å². The van der Waals surface area contributed by atoms with Crippen LogP contribution >= 0.6 is 0 Å². The van der Waals surface area contributed by atoms with Crippen LogP contribution in [0.25, 0.3) is 11.5 Å². The molecule has 34 heavy (non-hydrogen) atoms. The summed E-state index contributed by atoms with van der Waals surface area (Å²) in [6.45, 7) is 2.23. The molecule has 0 spiro atoms. The molecule has 0 radical (unpaired) electrons. The van der Waals surface area contributed by atoms with Crippen molar-refractivity contribution in [3.8, 4) is 17.3 Å². The van der Waals surface area contributed by atoms with Crippen LogP contribution in [0.1, 0.15) is 21.9 Å². The molecule has 1 amide bonds. The Morgan fingerprint density at radius 3 is 2.82 bits per heavy atom. The molecule has 178 valence electrons. The number of aliphatic carboxylic acids is 1. The van der Waals surface area contributed by atoms with Gasteiger partial charge in [-0.05, 0) is 35.9 Å². The normalized spacial score (nSPS) is 17.8. The fourth-order valence-corrected chi connectivity index (χ4v) is 3.25. The van der Waals surface area contributed by atoms with E-state index >= 15 is 0 Å². The number of carboxylic acid groups (broad SMARTS) is 1. The van der Waals surface area contributed by atoms with E-state index in [0.29, 0.717) is 23.8 Å². The van der Waals surface area contributed by atoms with E-state index in [1.54, 1.807) is 14.0 Å². The first-order chi connectivity index (χ1) is 16.4. The Labute approximate surface area is 194 Å². The van der Waals surface area contributed by atoms with E-state index in [0.717, 1.165) is 5.56 Å². The fraction of sp³-hybridized carbons (Fsp3) is 0.381. The van der Waals surface area contributed by atoms with Crippen LogP contribution in [0, 0.1) is 6.92 Å². The van der Waals surface area contributed by atoms with Gasteiger partial charge in [0.15, 0.2) is 6.10 Å². The quantitative estimate of drug-likeness (QED) is 0.464. The third kappa shape index (κ3) is 5.68. The maximum Gasteiger partial charge on any atom is 0.335 e. The molecule has 0 saturated carbocycles. The molecule has 1 aliphatic heterocycles. The second-order valence-corrected chi connectivity index (χ2v) is 7.50. The van der Waals surface area contributed by atoms with Crippen LogP contribution in [0.5, 0.6) is 5.75 Å². The SMILES string of the molecule is COc1cccc(CNC(=O)c2cc(-c3nnn(C[C@H]4CO[C@H](C(=O)O)CO4)n3)nc(C)n2)c1. The summed E-state index contributed by atoms with van der Waals surface area (Å²) in [5.41, 5.74) is 1.40. The van der Waals surface area contributed by atoms with Gasteiger partial charge >= 0.3 is 5.97 Å². The lowest BCUT2D eigenvalue weighted by Crippen LogP contribution is -2.42. The van der Waals surface area contributed by atoms with Crippen LogP contribution in [0.15, 0.2) is 30.3 Å². The minimum Gasteiger partial charge on any atom is -0.497 e. The molecular formula is C21H23N7O6. The van der Waals surface area contributed by atoms with E-state index < -0.39 is 18.2 Å². The van der Waals surface area contributed by atoms with Crippen molar-refractivity contribution in [1.82, 2.24) is 35.5 Å². The third-order valence-corrected chi connectivity index (χ3v) is 4.95. The monoisotopic (exact) mass is 469 g/mol. The standard InChI is InChI=1S/C21H23N7O6/c1-12-23-16(7-17(24-12)20(29)22-8-13-4-3-5-14(6-13)32-2)19-25-27-28(26-19)9-15-10-34-18(11-33-15)21(30)31/h3-7,15,18H,8-11H2,1-2H3,(H,22,29)(H,30,31)/t15-,18-/m0/s1. The maximum absolute atomic E-state index is 12.7. The molecule has 1 saturated heterocycles. The average Bonchev–Trinajstić information content (AvgIpc) is 3.31. The fourth-order valence-electron chi connectivity index (χ4n) is 3.25. The number of carboxylic acids is 1. The highest BCUT2D eigenvalue weighted by Crippen LogP contribution is 2.15. The van der Waals surface area contributed by atoms with Gasteiger partial charge in [-0.25, -0.2) is 14.8 Å². The first kappa shape index (κ1) is 23.2. The molecule has 0 unspecified atom stereocenters. The van der Waals surface area contributed by atoms with Crippen molar-refractivity contribution in [2.75, 3.05) is 20.3 Å². The summed E-state index contributed by atoms with van der Waals surface area (Å²) in [5, 5.41) is 24.1. The Balaban J connectivity index is 1.40. The third-order valence-electron chi connectivity index (χ3n) is 4.95. The topological polar surface area (TPSA) is 163 Å². The number of aryl methyl sites for hydroxylation is 1. The molecule has 4 rings (SSSR count). The maximum atomic E-state index is 12.7. The number of methoxy groups -OCH3 is 1. The minimum atomic E-state index is -1.07. The van der Waals surface area contributed by atoms with Crippen molar-refractivity contribution in [3.63, 3.8) is 0 Å². The molecular weight excluding hydrogens is 446 g/mol. The number of hydrogen-bond acceptors (Lipinski definition) is 10. The smallest absolute Gasteiger partial charge is 0.335 e. The summed E-state index contributed by atoms with van der Waals surface area (Å²) in [6.07, 6.45) is -1.39. The van der Waals surface area contributed by atoms with Crippen molar-refractivity contribution in [3.05, 3.63) is 47.4 Å². The van der Waals surface area contributed by atoms with Crippen LogP contribution in [0.3, 0.4) is 0 Å². The summed E-state index contributed by atoms with van der Waals surface area (Å²) in [6, 6.07) is 8.88. The first-order valence-corrected chi connectivity index (χ1v) is 10.4. The van der Waals surface area contributed by atoms with Gasteiger partial charge < -0.3 is 24.6 Å². The molecule has 2 N–H and O–H groups in total. The molecule has 3 aromatic rings. The molecule has 1 fully saturated rings. The summed E-state index contributed by atoms with van der Waals surface area (Å²) >= 11 is 0. The van der Waals surface area contributed by atoms with Crippen LogP contribution in [0.2, 0.25) is 0 Å². The van der Waals surface area contributed by atoms with Gasteiger partial charge in [0, 0.05) is 6.54 Å². The number of aromatic nitrogens is 6. The number of rotatable bonds is 8. The van der Waals surface area contributed by atoms with Crippen molar-refractivity contribution < 1.29 is 28.9 Å². The molecule has 2 atom stereocenters. The molecule has 1 aliphatic rings. The second-order valence-electron chi connectivity index (χ2n) is 7.50. The first-order valence-electron chi connectivity index (χ1n) is 10.4. The van der Waals surface area contributed by atoms with E-state index in [-0.39, 0.29) is 37.2 Å². The van der Waals surface area contributed by atoms with E-state index in [9.17, 15) is 9.59 Å². The summed E-state index contributed by atoms with van der Waals surface area (Å²) in [5.74, 6) is -0.144. The van der Waals surface area contributed by atoms with Crippen molar-refractivity contribution in [2.45, 2.75) is 32.2 Å². The van der Waals surface area contributed by atoms with E-state index in [2.05, 4.69) is 30.7 Å². The highest BCUT2D eigenvalue weighted by Gasteiger charge is 2.28. The summed E-state index contributed by atoms with van der Waals surface area (Å²) in [7, 11) is 1.58. The molecule has 3 heterocycles. The number of carbonyl (C=O) groups is 2. The number of benzene rings is 1. The van der Waals surface area contributed by atoms with Gasteiger partial charge in [0.25, 0.3) is 5.91 Å². The highest BCUT2D eigenvalue weighted by molar-refractivity contribution is 5.93. The zero-order valence-electron chi connectivity index (χ0n) is 18.5. The Morgan fingerprint density at radius 1 is 1.24 bits per heavy atom. The van der Waals surface area contributed by atoms with Crippen LogP contribution in [0.4, 0.5) is 0 Å². The van der Waals surface area contributed by atoms with Crippen molar-refractivity contribution >= 4 is 11.9 Å². The molecule has 13 heteroatoms. The van der Waals surface area contributed by atoms with Gasteiger partial charge in [-0.1, -0.05) is 12.1 Å². The van der Waals surface area contributed by atoms with E-state index in [1.807, 2.05) is 24.3 Å². The van der Waals surface area contributed by atoms with Gasteiger partial charge in [0.2, 0.25) is 5.82 Å². The van der Waals surface area contributed by atoms with Crippen LogP contribution < -0.4 is 10.1 Å². The highest BCUT2D eigenvalue weighted by atomic mass is 16.6. The van der Waals surface area contributed by atoms with Crippen molar-refractivity contribution in [2.24, 2.45) is 0 Å². The Bertz CT molecular complexity index is 1180. The average molecular weight is 469 g/mol. The van der Waals surface area contributed by atoms with Crippen molar-refractivity contribution in [1.29, 1.82) is 0 Å². The zero-order chi connectivity index (χ0) is 24.1. The minimum absolute atomic E-state index is 0.0547. The van der Waals surface area contributed by atoms with Gasteiger partial charge in [-0.15, -0.1) is 10.2 Å². The lowest BCUT2D eigenvalue weighted by molar-refractivity contribution is -0.177. The van der Waals surface area contributed by atoms with Gasteiger partial charge in [-0.3, -0.25) is 4.79 Å². The second kappa shape index (κ2) is 10.3. The number of amides is 1. The van der Waals surface area contributed by atoms with Gasteiger partial charge in [-0.2, -0.15) is 4.80 Å². The van der Waals surface area contributed by atoms with Gasteiger partial charge in [0.05, 0.1) is 26.9 Å². The molecule has 2 aromatic heterocycles. The molecule has 0 bridgehead atoms. The molecule has 1 aromatic carbocycles. The lowest BCUT2D eigenvalue weighted by Gasteiger charge is -2.26. The largest absolute Gasteiger partial charge is 0.497 e. The molecule has 13 nitrogen and oxygen atoms in total. The summed E-state index contributed by atoms with van der Waals surface area (Å²) < 4.78 is 16.0. The lowest BCUT2D eigenvalue weighted by atomic mass is 10.2. The Hall–Kier alpha value is -3.97. The van der Waals surface area contributed by atoms with E-state index in [1.165, 1.54) is 10.9 Å². The number of nitrogens with one attached hydrogen (secondary N) is 1. The van der Waals surface area contributed by atoms with Gasteiger partial charge in [0.1, 0.15) is 29.1 Å². The number of carbonyl (C=O) groups excluding carboxylic acids is 1. The number of nitrogens with zero attached hydrogens (tertiary/aromatic N) is 6. The predicted octanol–water partition coefficient (Wildman–Crippen LogP) is 0.246. The Morgan fingerprint density at radius 2 is 2.09 bits per heavy atom. The predicted molar refractivity (Wildman–Crippen MR) is 115 cm³/mol.